The zero-order chi connectivity index (χ0) is 18.2. The minimum Gasteiger partial charge on any atom is -0.346 e. The molecule has 6 heteroatoms. The van der Waals surface area contributed by atoms with Crippen LogP contribution in [0.1, 0.15) is 44.6 Å². The molecule has 1 aliphatic carbocycles. The minimum atomic E-state index is -0.659. The van der Waals surface area contributed by atoms with E-state index in [4.69, 9.17) is 0 Å². The van der Waals surface area contributed by atoms with Crippen molar-refractivity contribution >= 4 is 12.2 Å². The van der Waals surface area contributed by atoms with Crippen LogP contribution in [0.15, 0.2) is 30.3 Å². The minimum absolute atomic E-state index is 0.235. The molecular formula is C19H26N2O4. The van der Waals surface area contributed by atoms with E-state index in [-0.39, 0.29) is 16.7 Å². The summed E-state index contributed by atoms with van der Waals surface area (Å²) in [5.74, 6) is -0.916. The lowest BCUT2D eigenvalue weighted by Gasteiger charge is -2.31. The van der Waals surface area contributed by atoms with Gasteiger partial charge in [0.2, 0.25) is 11.9 Å². The SMILES string of the molecule is CC[C@@H](C(=O)N[C@@H](C=O)Cc1ccccc1)[C@H]1CCCC[C@H]1[N+](=O)[O-]. The molecule has 1 aliphatic rings. The molecule has 1 saturated carbocycles. The standard InChI is InChI=1S/C19H26N2O4/c1-2-16(17-10-6-7-11-18(17)21(24)25)19(23)20-15(13-22)12-14-8-4-3-5-9-14/h3-5,8-9,13,15-18H,2,6-7,10-12H2,1H3,(H,20,23)/t15-,16-,17-,18-/m1/s1. The van der Waals surface area contributed by atoms with Gasteiger partial charge in [-0.1, -0.05) is 43.7 Å². The fourth-order valence-electron chi connectivity index (χ4n) is 3.84. The molecule has 0 saturated heterocycles. The van der Waals surface area contributed by atoms with Gasteiger partial charge in [0.05, 0.1) is 6.04 Å². The Hall–Kier alpha value is -2.24. The monoisotopic (exact) mass is 346 g/mol. The Morgan fingerprint density at radius 3 is 2.60 bits per heavy atom. The Morgan fingerprint density at radius 1 is 1.32 bits per heavy atom. The molecule has 0 aromatic heterocycles. The molecule has 1 fully saturated rings. The second-order valence-corrected chi connectivity index (χ2v) is 6.76. The molecule has 0 unspecified atom stereocenters. The lowest BCUT2D eigenvalue weighted by molar-refractivity contribution is -0.537. The van der Waals surface area contributed by atoms with Crippen molar-refractivity contribution in [3.05, 3.63) is 46.0 Å². The van der Waals surface area contributed by atoms with E-state index >= 15 is 0 Å². The van der Waals surface area contributed by atoms with Gasteiger partial charge < -0.3 is 10.1 Å². The Bertz CT molecular complexity index is 590. The van der Waals surface area contributed by atoms with Crippen molar-refractivity contribution in [2.75, 3.05) is 0 Å². The van der Waals surface area contributed by atoms with E-state index in [0.717, 1.165) is 24.7 Å². The van der Waals surface area contributed by atoms with Crippen LogP contribution in [0.25, 0.3) is 0 Å². The van der Waals surface area contributed by atoms with Gasteiger partial charge in [-0.25, -0.2) is 0 Å². The van der Waals surface area contributed by atoms with Gasteiger partial charge in [-0.15, -0.1) is 0 Å². The summed E-state index contributed by atoms with van der Waals surface area (Å²) in [7, 11) is 0. The largest absolute Gasteiger partial charge is 0.346 e. The number of carbonyl (C=O) groups is 2. The van der Waals surface area contributed by atoms with Crippen LogP contribution in [0.3, 0.4) is 0 Å². The number of aldehydes is 1. The van der Waals surface area contributed by atoms with Crippen molar-refractivity contribution in [1.82, 2.24) is 5.32 Å². The normalized spacial score (nSPS) is 22.6. The van der Waals surface area contributed by atoms with Crippen LogP contribution >= 0.6 is 0 Å². The average Bonchev–Trinajstić information content (AvgIpc) is 2.63. The van der Waals surface area contributed by atoms with Crippen LogP contribution in [0.5, 0.6) is 0 Å². The number of hydrogen-bond acceptors (Lipinski definition) is 4. The van der Waals surface area contributed by atoms with Crippen LogP contribution in [0, 0.1) is 22.0 Å². The lowest BCUT2D eigenvalue weighted by atomic mass is 9.75. The van der Waals surface area contributed by atoms with E-state index in [2.05, 4.69) is 5.32 Å². The van der Waals surface area contributed by atoms with Crippen molar-refractivity contribution in [2.45, 2.75) is 57.5 Å². The molecule has 25 heavy (non-hydrogen) atoms. The molecule has 1 N–H and O–H groups in total. The molecule has 0 heterocycles. The molecular weight excluding hydrogens is 320 g/mol. The smallest absolute Gasteiger partial charge is 0.224 e. The van der Waals surface area contributed by atoms with Gasteiger partial charge in [-0.3, -0.25) is 14.9 Å². The Kier molecular flexibility index (Phi) is 7.10. The number of rotatable bonds is 8. The third-order valence-corrected chi connectivity index (χ3v) is 5.14. The highest BCUT2D eigenvalue weighted by molar-refractivity contribution is 5.82. The zero-order valence-corrected chi connectivity index (χ0v) is 14.6. The summed E-state index contributed by atoms with van der Waals surface area (Å²) >= 11 is 0. The molecule has 2 rings (SSSR count). The topological polar surface area (TPSA) is 89.3 Å². The fourth-order valence-corrected chi connectivity index (χ4v) is 3.84. The summed E-state index contributed by atoms with van der Waals surface area (Å²) in [6.45, 7) is 1.88. The Balaban J connectivity index is 2.04. The van der Waals surface area contributed by atoms with E-state index in [9.17, 15) is 19.7 Å². The number of hydrogen-bond donors (Lipinski definition) is 1. The van der Waals surface area contributed by atoms with Gasteiger partial charge in [0.15, 0.2) is 0 Å². The first-order valence-corrected chi connectivity index (χ1v) is 8.99. The van der Waals surface area contributed by atoms with Crippen molar-refractivity contribution in [3.63, 3.8) is 0 Å². The number of nitrogens with zero attached hydrogens (tertiary/aromatic N) is 1. The molecule has 4 atom stereocenters. The summed E-state index contributed by atoms with van der Waals surface area (Å²) in [5, 5.41) is 14.1. The summed E-state index contributed by atoms with van der Waals surface area (Å²) in [5.41, 5.74) is 0.966. The molecule has 1 aromatic carbocycles. The van der Waals surface area contributed by atoms with Crippen molar-refractivity contribution in [1.29, 1.82) is 0 Å². The number of benzene rings is 1. The summed E-state index contributed by atoms with van der Waals surface area (Å²) in [6.07, 6.45) is 4.69. The third-order valence-electron chi connectivity index (χ3n) is 5.14. The molecule has 136 valence electrons. The highest BCUT2D eigenvalue weighted by Gasteiger charge is 2.41. The quantitative estimate of drug-likeness (QED) is 0.445. The summed E-state index contributed by atoms with van der Waals surface area (Å²) in [6, 6.07) is 8.21. The van der Waals surface area contributed by atoms with Crippen LogP contribution in [-0.4, -0.2) is 29.2 Å². The molecule has 0 bridgehead atoms. The zero-order valence-electron chi connectivity index (χ0n) is 14.6. The van der Waals surface area contributed by atoms with Gasteiger partial charge in [0.25, 0.3) is 0 Å². The van der Waals surface area contributed by atoms with Crippen LogP contribution in [0.4, 0.5) is 0 Å². The van der Waals surface area contributed by atoms with Gasteiger partial charge in [0.1, 0.15) is 6.29 Å². The van der Waals surface area contributed by atoms with Crippen molar-refractivity contribution in [3.8, 4) is 0 Å². The molecule has 1 amide bonds. The number of nitro groups is 1. The van der Waals surface area contributed by atoms with Crippen LogP contribution in [0.2, 0.25) is 0 Å². The van der Waals surface area contributed by atoms with Gasteiger partial charge in [0, 0.05) is 23.2 Å². The van der Waals surface area contributed by atoms with Gasteiger partial charge in [-0.05, 0) is 31.2 Å². The molecule has 0 spiro atoms. The van der Waals surface area contributed by atoms with E-state index in [1.54, 1.807) is 0 Å². The molecule has 1 aromatic rings. The van der Waals surface area contributed by atoms with Gasteiger partial charge >= 0.3 is 0 Å². The third kappa shape index (κ3) is 5.11. The maximum Gasteiger partial charge on any atom is 0.224 e. The second-order valence-electron chi connectivity index (χ2n) is 6.76. The maximum atomic E-state index is 12.7. The van der Waals surface area contributed by atoms with Gasteiger partial charge in [-0.2, -0.15) is 0 Å². The van der Waals surface area contributed by atoms with Crippen LogP contribution < -0.4 is 5.32 Å². The second kappa shape index (κ2) is 9.30. The average molecular weight is 346 g/mol. The highest BCUT2D eigenvalue weighted by Crippen LogP contribution is 2.34. The fraction of sp³-hybridized carbons (Fsp3) is 0.579. The van der Waals surface area contributed by atoms with Crippen molar-refractivity contribution in [2.24, 2.45) is 11.8 Å². The first-order chi connectivity index (χ1) is 12.1. The number of nitrogens with one attached hydrogen (secondary N) is 1. The summed E-state index contributed by atoms with van der Waals surface area (Å²) < 4.78 is 0. The maximum absolute atomic E-state index is 12.7. The predicted octanol–water partition coefficient (Wildman–Crippen LogP) is 2.77. The molecule has 6 nitrogen and oxygen atoms in total. The molecule has 0 radical (unpaired) electrons. The number of amides is 1. The van der Waals surface area contributed by atoms with Crippen molar-refractivity contribution < 1.29 is 14.5 Å². The first kappa shape index (κ1) is 19.1. The van der Waals surface area contributed by atoms with E-state index in [1.807, 2.05) is 37.3 Å². The summed E-state index contributed by atoms with van der Waals surface area (Å²) in [4.78, 5) is 35.2. The first-order valence-electron chi connectivity index (χ1n) is 8.99. The van der Waals surface area contributed by atoms with E-state index in [0.29, 0.717) is 25.7 Å². The Labute approximate surface area is 148 Å². The van der Waals surface area contributed by atoms with Crippen LogP contribution in [-0.2, 0) is 16.0 Å². The lowest BCUT2D eigenvalue weighted by Crippen LogP contribution is -2.47. The molecule has 0 aliphatic heterocycles. The Morgan fingerprint density at radius 2 is 2.00 bits per heavy atom. The number of carbonyl (C=O) groups excluding carboxylic acids is 2. The highest BCUT2D eigenvalue weighted by atomic mass is 16.6. The predicted molar refractivity (Wildman–Crippen MR) is 94.7 cm³/mol. The van der Waals surface area contributed by atoms with E-state index in [1.165, 1.54) is 0 Å². The van der Waals surface area contributed by atoms with E-state index < -0.39 is 18.0 Å².